The molecule has 5 aromatic rings. The molecular weight excluding hydrogens is 666 g/mol. The molecule has 0 bridgehead atoms. The number of phenols is 1. The minimum absolute atomic E-state index is 0.0101. The topological polar surface area (TPSA) is 242 Å². The normalized spacial score (nSPS) is 14.4. The van der Waals surface area contributed by atoms with Crippen LogP contribution in [-0.4, -0.2) is 104 Å². The highest BCUT2D eigenvalue weighted by Gasteiger charge is 2.23. The molecule has 2 amide bonds. The zero-order valence-corrected chi connectivity index (χ0v) is 28.6. The average molecular weight is 708 g/mol. The third kappa shape index (κ3) is 7.35. The number of carbonyl (C=O) groups excluding carboxylic acids is 2. The number of piperazine rings is 1. The molecule has 0 unspecified atom stereocenters. The molecule has 0 spiro atoms. The summed E-state index contributed by atoms with van der Waals surface area (Å²) in [7, 11) is 0. The van der Waals surface area contributed by atoms with E-state index in [0.717, 1.165) is 43.7 Å². The average Bonchev–Trinajstić information content (AvgIpc) is 3.53. The number of nitrogens with two attached hydrogens (primary N) is 3. The first-order valence-corrected chi connectivity index (χ1v) is 17.1. The number of aromatic nitrogens is 6. The van der Waals surface area contributed by atoms with Crippen molar-refractivity contribution < 1.29 is 19.4 Å². The number of nitrogens with zero attached hydrogens (tertiary/aromatic N) is 8. The standard InChI is InChI=1S/C35H41N13O4/c36-26-16-23(3-4-27(26)49)30-29-32(38)42-20-43-33(29)48(45-30)18-21-1-2-24-19-47(10-5-22(24)15-21)28(50)6-13-52-14-9-40-34(51)25-17-41-35(44-31(25)37)46-11-7-39-8-12-46/h1-4,15-17,20,39,49H,5-14,18-19,36H2,(H,40,51)(H2,37,41,44)(H2,38,42,43). The van der Waals surface area contributed by atoms with Gasteiger partial charge in [0.2, 0.25) is 11.9 Å². The third-order valence-corrected chi connectivity index (χ3v) is 9.27. The molecular formula is C35H41N13O4. The predicted octanol–water partition coefficient (Wildman–Crippen LogP) is 0.915. The van der Waals surface area contributed by atoms with Crippen molar-refractivity contribution in [2.75, 3.05) is 74.6 Å². The second kappa shape index (κ2) is 15.0. The number of anilines is 4. The molecule has 0 radical (unpaired) electrons. The number of ether oxygens (including phenoxy) is 1. The smallest absolute Gasteiger partial charge is 0.256 e. The van der Waals surface area contributed by atoms with E-state index < -0.39 is 0 Å². The number of hydrogen-bond donors (Lipinski definition) is 6. The van der Waals surface area contributed by atoms with Crippen LogP contribution in [0.2, 0.25) is 0 Å². The van der Waals surface area contributed by atoms with E-state index >= 15 is 0 Å². The van der Waals surface area contributed by atoms with Gasteiger partial charge in [-0.2, -0.15) is 10.1 Å². The lowest BCUT2D eigenvalue weighted by atomic mass is 9.97. The largest absolute Gasteiger partial charge is 0.506 e. The first-order chi connectivity index (χ1) is 25.2. The van der Waals surface area contributed by atoms with Gasteiger partial charge in [-0.3, -0.25) is 9.59 Å². The van der Waals surface area contributed by atoms with E-state index in [0.29, 0.717) is 53.7 Å². The summed E-state index contributed by atoms with van der Waals surface area (Å²) in [6, 6.07) is 11.1. The number of nitrogens with one attached hydrogen (secondary N) is 2. The maximum absolute atomic E-state index is 13.0. The Morgan fingerprint density at radius 2 is 1.81 bits per heavy atom. The Balaban J connectivity index is 0.887. The highest BCUT2D eigenvalue weighted by molar-refractivity contribution is 5.99. The molecule has 0 atom stereocenters. The van der Waals surface area contributed by atoms with Gasteiger partial charge in [0, 0.05) is 57.6 Å². The molecule has 3 aromatic heterocycles. The van der Waals surface area contributed by atoms with E-state index in [2.05, 4.69) is 42.7 Å². The van der Waals surface area contributed by atoms with Crippen LogP contribution in [0, 0.1) is 0 Å². The summed E-state index contributed by atoms with van der Waals surface area (Å²) in [6.45, 7) is 5.54. The molecule has 0 saturated carbocycles. The predicted molar refractivity (Wildman–Crippen MR) is 195 cm³/mol. The second-order valence-corrected chi connectivity index (χ2v) is 12.7. The lowest BCUT2D eigenvalue weighted by Crippen LogP contribution is -2.44. The van der Waals surface area contributed by atoms with Gasteiger partial charge < -0.3 is 47.5 Å². The SMILES string of the molecule is Nc1cc(-c2nn(Cc3ccc4c(c3)CCN(C(=O)CCOCCNC(=O)c3cnc(N5CCNCC5)nc3N)C4)c3ncnc(N)c23)ccc1O. The molecule has 2 aromatic carbocycles. The summed E-state index contributed by atoms with van der Waals surface area (Å²) in [5, 5.41) is 21.4. The zero-order valence-electron chi connectivity index (χ0n) is 28.6. The molecule has 9 N–H and O–H groups in total. The van der Waals surface area contributed by atoms with Crippen LogP contribution >= 0.6 is 0 Å². The third-order valence-electron chi connectivity index (χ3n) is 9.27. The molecule has 2 aliphatic rings. The lowest BCUT2D eigenvalue weighted by molar-refractivity contribution is -0.133. The Bertz CT molecular complexity index is 2110. The Labute approximate surface area is 299 Å². The van der Waals surface area contributed by atoms with Gasteiger partial charge in [0.15, 0.2) is 5.65 Å². The fourth-order valence-corrected chi connectivity index (χ4v) is 6.46. The van der Waals surface area contributed by atoms with Crippen LogP contribution in [0.15, 0.2) is 48.9 Å². The summed E-state index contributed by atoms with van der Waals surface area (Å²) < 4.78 is 7.44. The quantitative estimate of drug-likeness (QED) is 0.0636. The van der Waals surface area contributed by atoms with Gasteiger partial charge in [-0.25, -0.2) is 19.6 Å². The second-order valence-electron chi connectivity index (χ2n) is 12.7. The zero-order chi connectivity index (χ0) is 36.2. The summed E-state index contributed by atoms with van der Waals surface area (Å²) in [5.74, 6) is 0.570. The van der Waals surface area contributed by atoms with Crippen LogP contribution in [0.1, 0.15) is 33.5 Å². The van der Waals surface area contributed by atoms with E-state index in [1.807, 2.05) is 15.9 Å². The van der Waals surface area contributed by atoms with Gasteiger partial charge in [-0.15, -0.1) is 0 Å². The van der Waals surface area contributed by atoms with Crippen LogP contribution in [-0.2, 0) is 29.0 Å². The molecule has 7 rings (SSSR count). The Kier molecular flexibility index (Phi) is 9.94. The fourth-order valence-electron chi connectivity index (χ4n) is 6.46. The minimum Gasteiger partial charge on any atom is -0.506 e. The Hall–Kier alpha value is -6.07. The molecule has 1 fully saturated rings. The van der Waals surface area contributed by atoms with E-state index in [1.54, 1.807) is 16.8 Å². The van der Waals surface area contributed by atoms with Gasteiger partial charge in [0.25, 0.3) is 5.91 Å². The number of carbonyl (C=O) groups is 2. The van der Waals surface area contributed by atoms with E-state index in [9.17, 15) is 14.7 Å². The number of benzene rings is 2. The van der Waals surface area contributed by atoms with Crippen molar-refractivity contribution in [2.24, 2.45) is 0 Å². The lowest BCUT2D eigenvalue weighted by Gasteiger charge is -2.29. The number of amides is 2. The van der Waals surface area contributed by atoms with Gasteiger partial charge in [-0.1, -0.05) is 18.2 Å². The van der Waals surface area contributed by atoms with Crippen molar-refractivity contribution in [1.29, 1.82) is 0 Å². The monoisotopic (exact) mass is 707 g/mol. The van der Waals surface area contributed by atoms with Crippen LogP contribution in [0.5, 0.6) is 5.75 Å². The minimum atomic E-state index is -0.375. The van der Waals surface area contributed by atoms with Crippen molar-refractivity contribution in [3.63, 3.8) is 0 Å². The summed E-state index contributed by atoms with van der Waals surface area (Å²) in [5.41, 5.74) is 23.9. The summed E-state index contributed by atoms with van der Waals surface area (Å²) in [6.07, 6.45) is 3.82. The van der Waals surface area contributed by atoms with Crippen LogP contribution in [0.3, 0.4) is 0 Å². The van der Waals surface area contributed by atoms with Crippen molar-refractivity contribution >= 4 is 46.1 Å². The number of hydrogen-bond acceptors (Lipinski definition) is 14. The van der Waals surface area contributed by atoms with Gasteiger partial charge in [0.05, 0.1) is 42.8 Å². The first kappa shape index (κ1) is 34.4. The number of rotatable bonds is 11. The van der Waals surface area contributed by atoms with E-state index in [-0.39, 0.29) is 60.8 Å². The molecule has 270 valence electrons. The van der Waals surface area contributed by atoms with Crippen molar-refractivity contribution in [3.8, 4) is 17.0 Å². The molecule has 5 heterocycles. The summed E-state index contributed by atoms with van der Waals surface area (Å²) >= 11 is 0. The number of aromatic hydroxyl groups is 1. The van der Waals surface area contributed by atoms with Crippen LogP contribution in [0.25, 0.3) is 22.3 Å². The Morgan fingerprint density at radius 1 is 0.962 bits per heavy atom. The van der Waals surface area contributed by atoms with E-state index in [4.69, 9.17) is 27.0 Å². The maximum Gasteiger partial charge on any atom is 0.256 e. The van der Waals surface area contributed by atoms with E-state index in [1.165, 1.54) is 24.2 Å². The summed E-state index contributed by atoms with van der Waals surface area (Å²) in [4.78, 5) is 46.8. The molecule has 17 nitrogen and oxygen atoms in total. The Morgan fingerprint density at radius 3 is 2.62 bits per heavy atom. The highest BCUT2D eigenvalue weighted by Crippen LogP contribution is 2.34. The van der Waals surface area contributed by atoms with Crippen LogP contribution < -0.4 is 32.7 Å². The van der Waals surface area contributed by atoms with Crippen LogP contribution in [0.4, 0.5) is 23.3 Å². The number of phenolic OH excluding ortho intramolecular Hbond substituents is 1. The molecule has 1 saturated heterocycles. The fraction of sp³-hybridized carbons (Fsp3) is 0.343. The van der Waals surface area contributed by atoms with Crippen molar-refractivity contribution in [2.45, 2.75) is 25.9 Å². The molecule has 52 heavy (non-hydrogen) atoms. The highest BCUT2D eigenvalue weighted by atomic mass is 16.5. The van der Waals surface area contributed by atoms with Gasteiger partial charge in [-0.05, 0) is 41.3 Å². The molecule has 17 heteroatoms. The number of fused-ring (bicyclic) bond motifs is 2. The maximum atomic E-state index is 13.0. The molecule has 0 aliphatic carbocycles. The van der Waals surface area contributed by atoms with Gasteiger partial charge in [0.1, 0.15) is 29.4 Å². The molecule has 2 aliphatic heterocycles. The number of nitrogen functional groups attached to an aromatic ring is 3. The van der Waals surface area contributed by atoms with Crippen molar-refractivity contribution in [3.05, 3.63) is 71.2 Å². The first-order valence-electron chi connectivity index (χ1n) is 17.1. The van der Waals surface area contributed by atoms with Crippen molar-refractivity contribution in [1.82, 2.24) is 45.2 Å². The van der Waals surface area contributed by atoms with Gasteiger partial charge >= 0.3 is 0 Å².